The van der Waals surface area contributed by atoms with Gasteiger partial charge in [-0.15, -0.1) is 0 Å². The Bertz CT molecular complexity index is 1220. The van der Waals surface area contributed by atoms with Crippen LogP contribution in [0.15, 0.2) is 41.6 Å². The number of fused-ring (bicyclic) bond motifs is 3. The van der Waals surface area contributed by atoms with E-state index in [2.05, 4.69) is 15.1 Å². The Morgan fingerprint density at radius 3 is 2.76 bits per heavy atom. The van der Waals surface area contributed by atoms with E-state index < -0.39 is 4.92 Å². The molecule has 0 aliphatic carbocycles. The lowest BCUT2D eigenvalue weighted by Crippen LogP contribution is -2.20. The average molecular weight is 336 g/mol. The van der Waals surface area contributed by atoms with Crippen molar-refractivity contribution >= 4 is 22.4 Å². The van der Waals surface area contributed by atoms with Crippen molar-refractivity contribution in [3.63, 3.8) is 0 Å². The van der Waals surface area contributed by atoms with Crippen LogP contribution in [0.25, 0.3) is 22.4 Å². The number of rotatable bonds is 2. The first-order valence-corrected chi connectivity index (χ1v) is 7.44. The quantitative estimate of drug-likeness (QED) is 0.409. The lowest BCUT2D eigenvalue weighted by Gasteiger charge is -2.10. The maximum atomic E-state index is 13.0. The third kappa shape index (κ3) is 2.17. The van der Waals surface area contributed by atoms with E-state index in [1.807, 2.05) is 0 Å². The standard InChI is InChI=1S/C16H12N6O3/c1-9-3-4-11(7-13(9)22(24)25)20-6-5-12-14(15(20)23)10(2)19-16-17-8-18-21(12)16/h3-8H,1-2H3. The molecule has 0 atom stereocenters. The molecule has 0 unspecified atom stereocenters. The zero-order valence-electron chi connectivity index (χ0n) is 13.4. The minimum absolute atomic E-state index is 0.0360. The van der Waals surface area contributed by atoms with Crippen LogP contribution >= 0.6 is 0 Å². The lowest BCUT2D eigenvalue weighted by molar-refractivity contribution is -0.385. The van der Waals surface area contributed by atoms with E-state index >= 15 is 0 Å². The van der Waals surface area contributed by atoms with Gasteiger partial charge in [0.2, 0.25) is 0 Å². The van der Waals surface area contributed by atoms with E-state index in [9.17, 15) is 14.9 Å². The fourth-order valence-corrected chi connectivity index (χ4v) is 2.88. The number of hydrogen-bond acceptors (Lipinski definition) is 6. The number of aromatic nitrogens is 5. The zero-order chi connectivity index (χ0) is 17.7. The van der Waals surface area contributed by atoms with Gasteiger partial charge in [0.05, 0.1) is 27.2 Å². The van der Waals surface area contributed by atoms with Crippen molar-refractivity contribution in [1.82, 2.24) is 24.1 Å². The van der Waals surface area contributed by atoms with Crippen LogP contribution < -0.4 is 5.56 Å². The van der Waals surface area contributed by atoms with Gasteiger partial charge in [-0.2, -0.15) is 14.6 Å². The van der Waals surface area contributed by atoms with Crippen LogP contribution in [0.4, 0.5) is 5.69 Å². The molecule has 0 fully saturated rings. The van der Waals surface area contributed by atoms with Gasteiger partial charge in [0.25, 0.3) is 17.0 Å². The summed E-state index contributed by atoms with van der Waals surface area (Å²) in [5, 5.41) is 15.6. The summed E-state index contributed by atoms with van der Waals surface area (Å²) in [7, 11) is 0. The van der Waals surface area contributed by atoms with Crippen LogP contribution in [0.5, 0.6) is 0 Å². The summed E-state index contributed by atoms with van der Waals surface area (Å²) in [4.78, 5) is 32.0. The smallest absolute Gasteiger partial charge is 0.274 e. The van der Waals surface area contributed by atoms with Gasteiger partial charge in [-0.25, -0.2) is 4.98 Å². The molecular weight excluding hydrogens is 324 g/mol. The summed E-state index contributed by atoms with van der Waals surface area (Å²) in [6.07, 6.45) is 2.94. The molecule has 0 radical (unpaired) electrons. The molecule has 4 rings (SSSR count). The fourth-order valence-electron chi connectivity index (χ4n) is 2.88. The lowest BCUT2D eigenvalue weighted by atomic mass is 10.1. The van der Waals surface area contributed by atoms with E-state index in [1.54, 1.807) is 38.2 Å². The van der Waals surface area contributed by atoms with Gasteiger partial charge in [-0.1, -0.05) is 6.07 Å². The summed E-state index contributed by atoms with van der Waals surface area (Å²) in [5.41, 5.74) is 1.70. The molecule has 0 bridgehead atoms. The Morgan fingerprint density at radius 2 is 2.00 bits per heavy atom. The molecule has 124 valence electrons. The molecule has 0 saturated carbocycles. The highest BCUT2D eigenvalue weighted by Gasteiger charge is 2.16. The third-order valence-electron chi connectivity index (χ3n) is 4.13. The van der Waals surface area contributed by atoms with Crippen molar-refractivity contribution in [2.75, 3.05) is 0 Å². The maximum Gasteiger partial charge on any atom is 0.274 e. The number of benzene rings is 1. The molecule has 0 aliphatic rings. The molecule has 0 N–H and O–H groups in total. The number of aryl methyl sites for hydroxylation is 2. The molecule has 0 amide bonds. The van der Waals surface area contributed by atoms with Crippen LogP contribution in [-0.4, -0.2) is 29.1 Å². The largest absolute Gasteiger partial charge is 0.283 e. The second-order valence-electron chi connectivity index (χ2n) is 5.65. The van der Waals surface area contributed by atoms with Gasteiger partial charge < -0.3 is 0 Å². The second-order valence-corrected chi connectivity index (χ2v) is 5.65. The maximum absolute atomic E-state index is 13.0. The molecule has 4 aromatic rings. The molecular formula is C16H12N6O3. The zero-order valence-corrected chi connectivity index (χ0v) is 13.4. The number of nitrogens with zero attached hydrogens (tertiary/aromatic N) is 6. The summed E-state index contributed by atoms with van der Waals surface area (Å²) in [5.74, 6) is 0.410. The summed E-state index contributed by atoms with van der Waals surface area (Å²) >= 11 is 0. The van der Waals surface area contributed by atoms with E-state index in [4.69, 9.17) is 0 Å². The molecule has 1 aromatic carbocycles. The van der Waals surface area contributed by atoms with Gasteiger partial charge in [0.1, 0.15) is 6.33 Å². The summed E-state index contributed by atoms with van der Waals surface area (Å²) < 4.78 is 2.86. The van der Waals surface area contributed by atoms with Crippen LogP contribution in [0.3, 0.4) is 0 Å². The SMILES string of the molecule is Cc1ccc(-n2ccc3c(c(C)nc4ncnn43)c2=O)cc1[N+](=O)[O-]. The van der Waals surface area contributed by atoms with Crippen LogP contribution in [0, 0.1) is 24.0 Å². The molecule has 9 heteroatoms. The molecule has 9 nitrogen and oxygen atoms in total. The Balaban J connectivity index is 2.04. The fraction of sp³-hybridized carbons (Fsp3) is 0.125. The van der Waals surface area contributed by atoms with Crippen molar-refractivity contribution in [3.05, 3.63) is 68.5 Å². The van der Waals surface area contributed by atoms with Gasteiger partial charge in [0, 0.05) is 17.8 Å². The predicted molar refractivity (Wildman–Crippen MR) is 90.0 cm³/mol. The van der Waals surface area contributed by atoms with Crippen molar-refractivity contribution in [3.8, 4) is 5.69 Å². The number of pyridine rings is 1. The highest BCUT2D eigenvalue weighted by Crippen LogP contribution is 2.22. The Hall–Kier alpha value is -3.62. The normalized spacial score (nSPS) is 11.3. The number of nitro benzene ring substituents is 1. The summed E-state index contributed by atoms with van der Waals surface area (Å²) in [6, 6.07) is 6.40. The van der Waals surface area contributed by atoms with Crippen LogP contribution in [0.1, 0.15) is 11.3 Å². The van der Waals surface area contributed by atoms with E-state index in [0.717, 1.165) is 0 Å². The molecule has 0 saturated heterocycles. The highest BCUT2D eigenvalue weighted by atomic mass is 16.6. The average Bonchev–Trinajstić information content (AvgIpc) is 3.03. The van der Waals surface area contributed by atoms with Crippen molar-refractivity contribution in [2.24, 2.45) is 0 Å². The number of hydrogen-bond donors (Lipinski definition) is 0. The first kappa shape index (κ1) is 14.9. The van der Waals surface area contributed by atoms with Gasteiger partial charge in [0.15, 0.2) is 0 Å². The van der Waals surface area contributed by atoms with E-state index in [1.165, 1.54) is 21.5 Å². The highest BCUT2D eigenvalue weighted by molar-refractivity contribution is 5.82. The van der Waals surface area contributed by atoms with Gasteiger partial charge in [-0.05, 0) is 26.0 Å². The second kappa shape index (κ2) is 5.20. The molecule has 3 aromatic heterocycles. The molecule has 0 spiro atoms. The van der Waals surface area contributed by atoms with Crippen molar-refractivity contribution in [2.45, 2.75) is 13.8 Å². The van der Waals surface area contributed by atoms with E-state index in [-0.39, 0.29) is 11.2 Å². The minimum Gasteiger partial charge on any atom is -0.283 e. The van der Waals surface area contributed by atoms with E-state index in [0.29, 0.717) is 33.6 Å². The number of nitro groups is 1. The Labute approximate surface area is 140 Å². The molecule has 3 heterocycles. The van der Waals surface area contributed by atoms with Crippen molar-refractivity contribution < 1.29 is 4.92 Å². The van der Waals surface area contributed by atoms with Crippen molar-refractivity contribution in [1.29, 1.82) is 0 Å². The first-order chi connectivity index (χ1) is 12.0. The predicted octanol–water partition coefficient (Wildman–Crippen LogP) is 1.95. The van der Waals surface area contributed by atoms with Crippen LogP contribution in [-0.2, 0) is 0 Å². The summed E-state index contributed by atoms with van der Waals surface area (Å²) in [6.45, 7) is 3.38. The Morgan fingerprint density at radius 1 is 1.20 bits per heavy atom. The first-order valence-electron chi connectivity index (χ1n) is 7.44. The topological polar surface area (TPSA) is 108 Å². The monoisotopic (exact) mass is 336 g/mol. The van der Waals surface area contributed by atoms with Gasteiger partial charge >= 0.3 is 0 Å². The Kier molecular flexibility index (Phi) is 3.11. The third-order valence-corrected chi connectivity index (χ3v) is 4.13. The minimum atomic E-state index is -0.462. The molecule has 0 aliphatic heterocycles. The molecule has 25 heavy (non-hydrogen) atoms. The van der Waals surface area contributed by atoms with Gasteiger partial charge in [-0.3, -0.25) is 19.5 Å². The van der Waals surface area contributed by atoms with Crippen LogP contribution in [0.2, 0.25) is 0 Å².